The molecule has 0 aromatic heterocycles. The molecule has 0 spiro atoms. The van der Waals surface area contributed by atoms with Gasteiger partial charge in [-0.3, -0.25) is 18.6 Å². The minimum Gasteiger partial charge on any atom is -0.480 e. The van der Waals surface area contributed by atoms with Gasteiger partial charge in [-0.1, -0.05) is 162 Å². The number of carbonyl (C=O) groups excluding carboxylic acids is 1. The van der Waals surface area contributed by atoms with Crippen LogP contribution in [0, 0.1) is 0 Å². The van der Waals surface area contributed by atoms with E-state index in [0.717, 1.165) is 89.9 Å². The van der Waals surface area contributed by atoms with Gasteiger partial charge in [-0.05, 0) is 96.3 Å². The van der Waals surface area contributed by atoms with Crippen molar-refractivity contribution < 1.29 is 42.7 Å². The Hall–Kier alpha value is -3.11. The molecule has 4 N–H and O–H groups in total. The van der Waals surface area contributed by atoms with Crippen LogP contribution in [0.3, 0.4) is 0 Å². The normalized spacial score (nSPS) is 14.7. The summed E-state index contributed by atoms with van der Waals surface area (Å²) in [5.74, 6) is -1.82. The summed E-state index contributed by atoms with van der Waals surface area (Å²) in [4.78, 5) is 33.6. The first-order valence-corrected chi connectivity index (χ1v) is 24.8. The van der Waals surface area contributed by atoms with Crippen molar-refractivity contribution in [3.05, 3.63) is 97.2 Å². The zero-order valence-corrected chi connectivity index (χ0v) is 38.9. The SMILES string of the molecule is CC/C=C\C/C=C\C/C=C\C/C=C\C/C=C\CCCCCC(=O)OC(COCCCCCCCCC/C=C\C/C=C\C/C=C\CCCCC)COP(=O)(O)OCC(N)C(=O)O. The van der Waals surface area contributed by atoms with Crippen LogP contribution >= 0.6 is 7.82 Å². The summed E-state index contributed by atoms with van der Waals surface area (Å²) in [6.45, 7) is 3.66. The van der Waals surface area contributed by atoms with Crippen LogP contribution in [0.15, 0.2) is 97.2 Å². The van der Waals surface area contributed by atoms with Gasteiger partial charge in [0.25, 0.3) is 0 Å². The molecule has 0 aromatic rings. The summed E-state index contributed by atoms with van der Waals surface area (Å²) in [6.07, 6.45) is 58.8. The second-order valence-electron chi connectivity index (χ2n) is 15.1. The second kappa shape index (κ2) is 44.9. The fraction of sp³-hybridized carbons (Fsp3) is 0.640. The first-order chi connectivity index (χ1) is 29.7. The third-order valence-electron chi connectivity index (χ3n) is 9.35. The number of carbonyl (C=O) groups is 2. The van der Waals surface area contributed by atoms with Crippen molar-refractivity contribution in [3.63, 3.8) is 0 Å². The maximum atomic E-state index is 12.7. The molecule has 0 saturated heterocycles. The van der Waals surface area contributed by atoms with E-state index in [1.807, 2.05) is 0 Å². The van der Waals surface area contributed by atoms with Gasteiger partial charge >= 0.3 is 19.8 Å². The molecule has 0 fully saturated rings. The fourth-order valence-corrected chi connectivity index (χ4v) is 6.53. The molecule has 0 bridgehead atoms. The minimum absolute atomic E-state index is 0.00999. The molecule has 0 rings (SSSR count). The highest BCUT2D eigenvalue weighted by Gasteiger charge is 2.27. The van der Waals surface area contributed by atoms with E-state index < -0.39 is 45.1 Å². The number of rotatable bonds is 43. The highest BCUT2D eigenvalue weighted by molar-refractivity contribution is 7.47. The number of hydrogen-bond acceptors (Lipinski definition) is 8. The Kier molecular flexibility index (Phi) is 42.6. The summed E-state index contributed by atoms with van der Waals surface area (Å²) >= 11 is 0. The van der Waals surface area contributed by atoms with Crippen LogP contribution in [0.1, 0.15) is 168 Å². The van der Waals surface area contributed by atoms with E-state index in [-0.39, 0.29) is 13.0 Å². The lowest BCUT2D eigenvalue weighted by Gasteiger charge is -2.20. The van der Waals surface area contributed by atoms with E-state index in [0.29, 0.717) is 13.0 Å². The van der Waals surface area contributed by atoms with Crippen molar-refractivity contribution >= 4 is 19.8 Å². The van der Waals surface area contributed by atoms with Gasteiger partial charge < -0.3 is 25.2 Å². The Balaban J connectivity index is 4.32. The molecule has 0 aliphatic carbocycles. The van der Waals surface area contributed by atoms with Crippen molar-refractivity contribution in [2.45, 2.75) is 180 Å². The Bertz CT molecular complexity index is 1330. The lowest BCUT2D eigenvalue weighted by Crippen LogP contribution is -2.34. The topological polar surface area (TPSA) is 155 Å². The number of aliphatic carboxylic acids is 1. The zero-order valence-electron chi connectivity index (χ0n) is 38.0. The Morgan fingerprint density at radius 2 is 0.951 bits per heavy atom. The number of hydrogen-bond donors (Lipinski definition) is 3. The maximum Gasteiger partial charge on any atom is 0.472 e. The first-order valence-electron chi connectivity index (χ1n) is 23.3. The average Bonchev–Trinajstić information content (AvgIpc) is 3.24. The lowest BCUT2D eigenvalue weighted by molar-refractivity contribution is -0.154. The molecular weight excluding hydrogens is 790 g/mol. The van der Waals surface area contributed by atoms with Crippen LogP contribution in [-0.4, -0.2) is 60.5 Å². The number of allylic oxidation sites excluding steroid dienone is 16. The van der Waals surface area contributed by atoms with E-state index in [9.17, 15) is 19.0 Å². The molecule has 0 aliphatic heterocycles. The molecule has 0 aromatic carbocycles. The number of ether oxygens (including phenoxy) is 2. The van der Waals surface area contributed by atoms with Gasteiger partial charge in [0, 0.05) is 13.0 Å². The zero-order chi connectivity index (χ0) is 44.8. The quantitative estimate of drug-likeness (QED) is 0.0233. The summed E-state index contributed by atoms with van der Waals surface area (Å²) in [6, 6.07) is -1.49. The van der Waals surface area contributed by atoms with E-state index in [1.165, 1.54) is 51.4 Å². The van der Waals surface area contributed by atoms with Crippen LogP contribution in [0.4, 0.5) is 0 Å². The highest BCUT2D eigenvalue weighted by Crippen LogP contribution is 2.43. The molecule has 0 amide bonds. The maximum absolute atomic E-state index is 12.7. The molecule has 3 atom stereocenters. The minimum atomic E-state index is -4.64. The van der Waals surface area contributed by atoms with Crippen LogP contribution in [0.5, 0.6) is 0 Å². The van der Waals surface area contributed by atoms with E-state index in [1.54, 1.807) is 0 Å². The molecule has 348 valence electrons. The summed E-state index contributed by atoms with van der Waals surface area (Å²) < 4.78 is 33.4. The van der Waals surface area contributed by atoms with Crippen LogP contribution in [-0.2, 0) is 32.7 Å². The van der Waals surface area contributed by atoms with Crippen molar-refractivity contribution in [2.24, 2.45) is 5.73 Å². The number of esters is 1. The monoisotopic (exact) mass is 874 g/mol. The molecule has 61 heavy (non-hydrogen) atoms. The van der Waals surface area contributed by atoms with Gasteiger partial charge in [0.05, 0.1) is 19.8 Å². The molecule has 3 unspecified atom stereocenters. The Morgan fingerprint density at radius 1 is 0.541 bits per heavy atom. The second-order valence-corrected chi connectivity index (χ2v) is 16.6. The molecular formula is C50H84NO9P. The lowest BCUT2D eigenvalue weighted by atomic mass is 10.1. The van der Waals surface area contributed by atoms with Crippen LogP contribution in [0.25, 0.3) is 0 Å². The predicted octanol–water partition coefficient (Wildman–Crippen LogP) is 13.3. The fourth-order valence-electron chi connectivity index (χ4n) is 5.75. The van der Waals surface area contributed by atoms with Crippen molar-refractivity contribution in [2.75, 3.05) is 26.4 Å². The number of phosphoric acid groups is 1. The van der Waals surface area contributed by atoms with Crippen molar-refractivity contribution in [3.8, 4) is 0 Å². The first kappa shape index (κ1) is 57.9. The molecule has 0 saturated carbocycles. The van der Waals surface area contributed by atoms with E-state index in [2.05, 4.69) is 111 Å². The molecule has 10 nitrogen and oxygen atoms in total. The van der Waals surface area contributed by atoms with E-state index >= 15 is 0 Å². The van der Waals surface area contributed by atoms with E-state index in [4.69, 9.17) is 29.4 Å². The molecule has 0 aliphatic rings. The smallest absolute Gasteiger partial charge is 0.472 e. The Labute approximate surface area is 370 Å². The Morgan fingerprint density at radius 3 is 1.43 bits per heavy atom. The predicted molar refractivity (Wildman–Crippen MR) is 253 cm³/mol. The summed E-state index contributed by atoms with van der Waals surface area (Å²) in [5.41, 5.74) is 5.36. The largest absolute Gasteiger partial charge is 0.480 e. The average molecular weight is 874 g/mol. The molecule has 0 radical (unpaired) electrons. The molecule has 11 heteroatoms. The van der Waals surface area contributed by atoms with Gasteiger partial charge in [-0.15, -0.1) is 0 Å². The molecule has 0 heterocycles. The van der Waals surface area contributed by atoms with Crippen molar-refractivity contribution in [1.29, 1.82) is 0 Å². The number of phosphoric ester groups is 1. The van der Waals surface area contributed by atoms with Crippen LogP contribution < -0.4 is 5.73 Å². The van der Waals surface area contributed by atoms with Gasteiger partial charge in [-0.25, -0.2) is 4.57 Å². The third-order valence-corrected chi connectivity index (χ3v) is 10.3. The van der Waals surface area contributed by atoms with Gasteiger partial charge in [0.15, 0.2) is 0 Å². The number of carboxylic acid groups (broad SMARTS) is 1. The van der Waals surface area contributed by atoms with Crippen molar-refractivity contribution in [1.82, 2.24) is 0 Å². The van der Waals surface area contributed by atoms with Gasteiger partial charge in [-0.2, -0.15) is 0 Å². The van der Waals surface area contributed by atoms with Gasteiger partial charge in [0.1, 0.15) is 12.1 Å². The highest BCUT2D eigenvalue weighted by atomic mass is 31.2. The standard InChI is InChI=1S/C50H84NO9P/c1-3-5-7-9-11-13-15-17-19-21-23-25-27-29-31-33-35-37-39-41-43-57-44-47(45-58-61(55,56)59-46-48(51)50(53)54)60-49(52)42-40-38-36-34-32-30-28-26-24-22-20-18-16-14-12-10-8-6-4-2/h6,8,11-14,17-20,23-26,30,32,47-48H,3-5,7,9-10,15-16,21-22,27-29,31,33-46,51H2,1-2H3,(H,53,54)(H,55,56)/b8-6-,13-11-,14-12-,19-17-,20-18-,25-23-,26-24-,32-30-. The number of nitrogens with two attached hydrogens (primary N) is 1. The van der Waals surface area contributed by atoms with Gasteiger partial charge in [0.2, 0.25) is 0 Å². The van der Waals surface area contributed by atoms with Crippen LogP contribution in [0.2, 0.25) is 0 Å². The number of unbranched alkanes of at least 4 members (excludes halogenated alkanes) is 13. The summed E-state index contributed by atoms with van der Waals surface area (Å²) in [7, 11) is -4.64. The third kappa shape index (κ3) is 44.7. The number of carboxylic acids is 1. The summed E-state index contributed by atoms with van der Waals surface area (Å²) in [5, 5.41) is 8.91.